The highest BCUT2D eigenvalue weighted by Crippen LogP contribution is 2.21. The van der Waals surface area contributed by atoms with Crippen LogP contribution in [-0.4, -0.2) is 25.4 Å². The Labute approximate surface area is 100 Å². The second-order valence-electron chi connectivity index (χ2n) is 3.57. The first kappa shape index (κ1) is 13.5. The molecule has 0 radical (unpaired) electrons. The van der Waals surface area contributed by atoms with Crippen LogP contribution in [-0.2, 0) is 9.53 Å². The van der Waals surface area contributed by atoms with E-state index in [9.17, 15) is 4.79 Å². The number of hydroxylamine groups is 1. The highest BCUT2D eigenvalue weighted by molar-refractivity contribution is 5.69. The number of nitrogens with one attached hydrogen (secondary N) is 1. The number of hydrogen-bond donors (Lipinski definition) is 2. The molecule has 1 rings (SSSR count). The summed E-state index contributed by atoms with van der Waals surface area (Å²) >= 11 is 0. The lowest BCUT2D eigenvalue weighted by molar-refractivity contribution is -0.141. The average molecular weight is 239 g/mol. The molecular formula is C12H17NO4. The van der Waals surface area contributed by atoms with E-state index in [0.717, 1.165) is 11.3 Å². The molecule has 1 aromatic rings. The van der Waals surface area contributed by atoms with Crippen molar-refractivity contribution in [2.24, 2.45) is 0 Å². The van der Waals surface area contributed by atoms with E-state index in [1.165, 1.54) is 7.11 Å². The van der Waals surface area contributed by atoms with Crippen LogP contribution in [0.15, 0.2) is 24.3 Å². The molecular weight excluding hydrogens is 222 g/mol. The zero-order valence-electron chi connectivity index (χ0n) is 9.97. The third-order valence-electron chi connectivity index (χ3n) is 2.54. The molecule has 0 bridgehead atoms. The van der Waals surface area contributed by atoms with Gasteiger partial charge in [-0.2, -0.15) is 5.48 Å². The SMILES string of the molecule is COC(=O)CCC(NO)c1ccc(OC)cc1. The summed E-state index contributed by atoms with van der Waals surface area (Å²) in [6.07, 6.45) is 0.719. The molecule has 0 saturated carbocycles. The summed E-state index contributed by atoms with van der Waals surface area (Å²) in [7, 11) is 2.94. The quantitative estimate of drug-likeness (QED) is 0.584. The molecule has 1 aromatic carbocycles. The third kappa shape index (κ3) is 4.05. The zero-order chi connectivity index (χ0) is 12.7. The Morgan fingerprint density at radius 1 is 1.35 bits per heavy atom. The first-order valence-corrected chi connectivity index (χ1v) is 5.31. The molecule has 5 nitrogen and oxygen atoms in total. The average Bonchev–Trinajstić information content (AvgIpc) is 2.39. The number of benzene rings is 1. The second-order valence-corrected chi connectivity index (χ2v) is 3.57. The number of carbonyl (C=O) groups excluding carboxylic acids is 1. The van der Waals surface area contributed by atoms with Gasteiger partial charge in [0.1, 0.15) is 5.75 Å². The minimum absolute atomic E-state index is 0.251. The van der Waals surface area contributed by atoms with Gasteiger partial charge in [0.15, 0.2) is 0 Å². The molecule has 2 N–H and O–H groups in total. The van der Waals surface area contributed by atoms with Crippen molar-refractivity contribution in [2.45, 2.75) is 18.9 Å². The number of ether oxygens (including phenoxy) is 2. The van der Waals surface area contributed by atoms with Crippen molar-refractivity contribution >= 4 is 5.97 Å². The van der Waals surface area contributed by atoms with Gasteiger partial charge in [-0.3, -0.25) is 4.79 Å². The summed E-state index contributed by atoms with van der Waals surface area (Å²) in [4.78, 5) is 11.0. The Hall–Kier alpha value is -1.59. The molecule has 0 aromatic heterocycles. The lowest BCUT2D eigenvalue weighted by Crippen LogP contribution is -2.18. The molecule has 17 heavy (non-hydrogen) atoms. The van der Waals surface area contributed by atoms with Crippen LogP contribution in [0, 0.1) is 0 Å². The van der Waals surface area contributed by atoms with E-state index in [-0.39, 0.29) is 18.4 Å². The van der Waals surface area contributed by atoms with E-state index in [0.29, 0.717) is 6.42 Å². The topological polar surface area (TPSA) is 67.8 Å². The van der Waals surface area contributed by atoms with E-state index in [2.05, 4.69) is 10.2 Å². The maximum atomic E-state index is 11.0. The van der Waals surface area contributed by atoms with Crippen molar-refractivity contribution in [3.05, 3.63) is 29.8 Å². The number of carbonyl (C=O) groups is 1. The summed E-state index contributed by atoms with van der Waals surface area (Å²) < 4.78 is 9.59. The van der Waals surface area contributed by atoms with E-state index < -0.39 is 0 Å². The van der Waals surface area contributed by atoms with E-state index in [1.54, 1.807) is 19.2 Å². The van der Waals surface area contributed by atoms with E-state index in [4.69, 9.17) is 9.94 Å². The van der Waals surface area contributed by atoms with Gasteiger partial charge in [-0.05, 0) is 24.1 Å². The van der Waals surface area contributed by atoms with Crippen LogP contribution in [0.5, 0.6) is 5.75 Å². The maximum Gasteiger partial charge on any atom is 0.305 e. The normalized spacial score (nSPS) is 11.9. The summed E-state index contributed by atoms with van der Waals surface area (Å²) in [6.45, 7) is 0. The van der Waals surface area contributed by atoms with Gasteiger partial charge >= 0.3 is 5.97 Å². The van der Waals surface area contributed by atoms with Gasteiger partial charge in [0.2, 0.25) is 0 Å². The Morgan fingerprint density at radius 2 is 2.00 bits per heavy atom. The largest absolute Gasteiger partial charge is 0.497 e. The van der Waals surface area contributed by atoms with Crippen LogP contribution in [0.1, 0.15) is 24.4 Å². The Balaban J connectivity index is 2.62. The highest BCUT2D eigenvalue weighted by Gasteiger charge is 2.12. The summed E-state index contributed by atoms with van der Waals surface area (Å²) in [5, 5.41) is 9.06. The number of methoxy groups -OCH3 is 2. The molecule has 5 heteroatoms. The van der Waals surface area contributed by atoms with Gasteiger partial charge in [-0.15, -0.1) is 0 Å². The first-order chi connectivity index (χ1) is 8.21. The Bertz CT molecular complexity index is 350. The fourth-order valence-corrected chi connectivity index (χ4v) is 1.51. The molecule has 0 fully saturated rings. The van der Waals surface area contributed by atoms with E-state index in [1.807, 2.05) is 12.1 Å². The number of esters is 1. The lowest BCUT2D eigenvalue weighted by atomic mass is 10.0. The smallest absolute Gasteiger partial charge is 0.305 e. The van der Waals surface area contributed by atoms with Crippen molar-refractivity contribution in [1.29, 1.82) is 0 Å². The van der Waals surface area contributed by atoms with Crippen LogP contribution >= 0.6 is 0 Å². The van der Waals surface area contributed by atoms with Crippen molar-refractivity contribution in [1.82, 2.24) is 5.48 Å². The van der Waals surface area contributed by atoms with Crippen molar-refractivity contribution < 1.29 is 19.5 Å². The standard InChI is InChI=1S/C12H17NO4/c1-16-10-5-3-9(4-6-10)11(13-15)7-8-12(14)17-2/h3-6,11,13,15H,7-8H2,1-2H3. The highest BCUT2D eigenvalue weighted by atomic mass is 16.5. The van der Waals surface area contributed by atoms with Crippen LogP contribution in [0.4, 0.5) is 0 Å². The summed E-state index contributed by atoms with van der Waals surface area (Å²) in [5.41, 5.74) is 3.07. The molecule has 94 valence electrons. The number of hydrogen-bond acceptors (Lipinski definition) is 5. The van der Waals surface area contributed by atoms with Crippen LogP contribution in [0.25, 0.3) is 0 Å². The van der Waals surface area contributed by atoms with E-state index >= 15 is 0 Å². The van der Waals surface area contributed by atoms with Crippen molar-refractivity contribution in [3.63, 3.8) is 0 Å². The molecule has 0 saturated heterocycles. The van der Waals surface area contributed by atoms with Gasteiger partial charge in [0, 0.05) is 6.42 Å². The van der Waals surface area contributed by atoms with Crippen LogP contribution in [0.3, 0.4) is 0 Å². The van der Waals surface area contributed by atoms with Crippen molar-refractivity contribution in [2.75, 3.05) is 14.2 Å². The van der Waals surface area contributed by atoms with Crippen LogP contribution < -0.4 is 10.2 Å². The predicted molar refractivity (Wildman–Crippen MR) is 61.9 cm³/mol. The van der Waals surface area contributed by atoms with Gasteiger partial charge in [-0.25, -0.2) is 0 Å². The fourth-order valence-electron chi connectivity index (χ4n) is 1.51. The predicted octanol–water partition coefficient (Wildman–Crippen LogP) is 1.67. The first-order valence-electron chi connectivity index (χ1n) is 5.31. The van der Waals surface area contributed by atoms with Gasteiger partial charge < -0.3 is 14.7 Å². The molecule has 0 spiro atoms. The molecule has 1 unspecified atom stereocenters. The minimum Gasteiger partial charge on any atom is -0.497 e. The number of rotatable bonds is 6. The summed E-state index contributed by atoms with van der Waals surface area (Å²) in [5.74, 6) is 0.456. The Morgan fingerprint density at radius 3 is 2.47 bits per heavy atom. The minimum atomic E-state index is -0.293. The molecule has 0 aliphatic rings. The van der Waals surface area contributed by atoms with Crippen LogP contribution in [0.2, 0.25) is 0 Å². The monoisotopic (exact) mass is 239 g/mol. The molecule has 0 aliphatic heterocycles. The Kier molecular flexibility index (Phi) is 5.45. The van der Waals surface area contributed by atoms with Crippen molar-refractivity contribution in [3.8, 4) is 5.75 Å². The van der Waals surface area contributed by atoms with Gasteiger partial charge in [0.05, 0.1) is 20.3 Å². The molecule has 0 aliphatic carbocycles. The lowest BCUT2D eigenvalue weighted by Gasteiger charge is -2.15. The second kappa shape index (κ2) is 6.88. The molecule has 0 amide bonds. The zero-order valence-corrected chi connectivity index (χ0v) is 9.97. The third-order valence-corrected chi connectivity index (χ3v) is 2.54. The fraction of sp³-hybridized carbons (Fsp3) is 0.417. The summed E-state index contributed by atoms with van der Waals surface area (Å²) in [6, 6.07) is 6.99. The molecule has 0 heterocycles. The van der Waals surface area contributed by atoms with Gasteiger partial charge in [-0.1, -0.05) is 12.1 Å². The molecule has 1 atom stereocenters. The maximum absolute atomic E-state index is 11.0. The van der Waals surface area contributed by atoms with Gasteiger partial charge in [0.25, 0.3) is 0 Å².